The fourth-order valence-electron chi connectivity index (χ4n) is 1.82. The van der Waals surface area contributed by atoms with Crippen LogP contribution in [0.25, 0.3) is 0 Å². The molecule has 0 spiro atoms. The van der Waals surface area contributed by atoms with Crippen molar-refractivity contribution < 1.29 is 4.74 Å². The average molecular weight is 187 g/mol. The molecule has 0 saturated heterocycles. The van der Waals surface area contributed by atoms with E-state index in [0.29, 0.717) is 6.04 Å². The first kappa shape index (κ1) is 12.9. The molecule has 0 aliphatic carbocycles. The van der Waals surface area contributed by atoms with E-state index in [2.05, 4.69) is 39.9 Å². The fourth-order valence-corrected chi connectivity index (χ4v) is 1.82. The van der Waals surface area contributed by atoms with Crippen molar-refractivity contribution in [1.29, 1.82) is 0 Å². The van der Waals surface area contributed by atoms with E-state index in [1.54, 1.807) is 0 Å². The number of hydrogen-bond donors (Lipinski definition) is 1. The van der Waals surface area contributed by atoms with Gasteiger partial charge in [-0.2, -0.15) is 0 Å². The molecule has 0 amide bonds. The number of likely N-dealkylation sites (N-methyl/N-ethyl adjacent to an activating group) is 1. The molecular weight excluding hydrogens is 162 g/mol. The SMILES string of the molecule is CCNC(CC)C(C)(CC)OCC. The maximum absolute atomic E-state index is 5.82. The summed E-state index contributed by atoms with van der Waals surface area (Å²) in [4.78, 5) is 0. The summed E-state index contributed by atoms with van der Waals surface area (Å²) >= 11 is 0. The van der Waals surface area contributed by atoms with E-state index in [1.165, 1.54) is 0 Å². The minimum atomic E-state index is -0.000486. The zero-order valence-electron chi connectivity index (χ0n) is 9.81. The van der Waals surface area contributed by atoms with Gasteiger partial charge in [-0.3, -0.25) is 0 Å². The van der Waals surface area contributed by atoms with E-state index in [9.17, 15) is 0 Å². The molecule has 0 saturated carbocycles. The molecule has 2 atom stereocenters. The van der Waals surface area contributed by atoms with Crippen LogP contribution in [0.4, 0.5) is 0 Å². The minimum Gasteiger partial charge on any atom is -0.374 e. The molecule has 1 N–H and O–H groups in total. The third kappa shape index (κ3) is 3.65. The van der Waals surface area contributed by atoms with Crippen LogP contribution < -0.4 is 5.32 Å². The van der Waals surface area contributed by atoms with Gasteiger partial charge >= 0.3 is 0 Å². The Balaban J connectivity index is 4.29. The van der Waals surface area contributed by atoms with E-state index in [0.717, 1.165) is 26.0 Å². The molecule has 0 aliphatic heterocycles. The summed E-state index contributed by atoms with van der Waals surface area (Å²) in [7, 11) is 0. The van der Waals surface area contributed by atoms with Crippen LogP contribution in [0.2, 0.25) is 0 Å². The van der Waals surface area contributed by atoms with E-state index >= 15 is 0 Å². The summed E-state index contributed by atoms with van der Waals surface area (Å²) in [5.74, 6) is 0. The monoisotopic (exact) mass is 187 g/mol. The molecule has 0 aromatic rings. The van der Waals surface area contributed by atoms with E-state index < -0.39 is 0 Å². The lowest BCUT2D eigenvalue weighted by Gasteiger charge is -2.36. The van der Waals surface area contributed by atoms with Crippen molar-refractivity contribution in [1.82, 2.24) is 5.32 Å². The highest BCUT2D eigenvalue weighted by atomic mass is 16.5. The van der Waals surface area contributed by atoms with Gasteiger partial charge in [-0.05, 0) is 33.2 Å². The maximum Gasteiger partial charge on any atom is 0.0803 e. The molecule has 0 heterocycles. The third-order valence-corrected chi connectivity index (χ3v) is 2.77. The third-order valence-electron chi connectivity index (χ3n) is 2.77. The first-order chi connectivity index (χ1) is 6.14. The lowest BCUT2D eigenvalue weighted by molar-refractivity contribution is -0.0555. The van der Waals surface area contributed by atoms with E-state index in [-0.39, 0.29) is 5.60 Å². The Morgan fingerprint density at radius 1 is 1.23 bits per heavy atom. The molecule has 0 rings (SSSR count). The number of nitrogens with one attached hydrogen (secondary N) is 1. The van der Waals surface area contributed by atoms with Gasteiger partial charge in [0.1, 0.15) is 0 Å². The van der Waals surface area contributed by atoms with Crippen LogP contribution in [0.1, 0.15) is 47.5 Å². The van der Waals surface area contributed by atoms with Gasteiger partial charge in [-0.15, -0.1) is 0 Å². The summed E-state index contributed by atoms with van der Waals surface area (Å²) in [5, 5.41) is 3.48. The van der Waals surface area contributed by atoms with Gasteiger partial charge < -0.3 is 10.1 Å². The van der Waals surface area contributed by atoms with Gasteiger partial charge in [0.15, 0.2) is 0 Å². The van der Waals surface area contributed by atoms with Gasteiger partial charge in [0, 0.05) is 12.6 Å². The smallest absolute Gasteiger partial charge is 0.0803 e. The second-order valence-electron chi connectivity index (χ2n) is 3.62. The first-order valence-corrected chi connectivity index (χ1v) is 5.51. The normalized spacial score (nSPS) is 18.2. The number of ether oxygens (including phenoxy) is 1. The highest BCUT2D eigenvalue weighted by molar-refractivity contribution is 4.87. The predicted molar refractivity (Wildman–Crippen MR) is 58.1 cm³/mol. The van der Waals surface area contributed by atoms with Gasteiger partial charge in [0.2, 0.25) is 0 Å². The standard InChI is InChI=1S/C11H25NO/c1-6-10(12-8-3)11(5,7-2)13-9-4/h10,12H,6-9H2,1-5H3. The molecule has 0 bridgehead atoms. The van der Waals surface area contributed by atoms with Crippen molar-refractivity contribution in [2.45, 2.75) is 59.1 Å². The number of hydrogen-bond acceptors (Lipinski definition) is 2. The lowest BCUT2D eigenvalue weighted by atomic mass is 9.91. The number of rotatable bonds is 7. The van der Waals surface area contributed by atoms with Gasteiger partial charge in [0.25, 0.3) is 0 Å². The van der Waals surface area contributed by atoms with Crippen molar-refractivity contribution in [3.05, 3.63) is 0 Å². The van der Waals surface area contributed by atoms with Crippen LogP contribution in [-0.2, 0) is 4.74 Å². The average Bonchev–Trinajstić information content (AvgIpc) is 2.14. The highest BCUT2D eigenvalue weighted by Crippen LogP contribution is 2.22. The zero-order valence-corrected chi connectivity index (χ0v) is 9.81. The predicted octanol–water partition coefficient (Wildman–Crippen LogP) is 2.58. The van der Waals surface area contributed by atoms with Crippen LogP contribution in [-0.4, -0.2) is 24.8 Å². The fraction of sp³-hybridized carbons (Fsp3) is 1.00. The highest BCUT2D eigenvalue weighted by Gasteiger charge is 2.30. The Kier molecular flexibility index (Phi) is 6.35. The van der Waals surface area contributed by atoms with Crippen molar-refractivity contribution >= 4 is 0 Å². The second kappa shape index (κ2) is 6.39. The molecule has 2 nitrogen and oxygen atoms in total. The summed E-state index contributed by atoms with van der Waals surface area (Å²) < 4.78 is 5.82. The molecule has 0 radical (unpaired) electrons. The Morgan fingerprint density at radius 2 is 1.85 bits per heavy atom. The quantitative estimate of drug-likeness (QED) is 0.661. The van der Waals surface area contributed by atoms with Crippen LogP contribution in [0, 0.1) is 0 Å². The van der Waals surface area contributed by atoms with Gasteiger partial charge in [-0.1, -0.05) is 20.8 Å². The molecular formula is C11H25NO. The summed E-state index contributed by atoms with van der Waals surface area (Å²) in [6, 6.07) is 0.474. The summed E-state index contributed by atoms with van der Waals surface area (Å²) in [5.41, 5.74) is -0.000486. The van der Waals surface area contributed by atoms with Crippen LogP contribution >= 0.6 is 0 Å². The molecule has 0 fully saturated rings. The molecule has 13 heavy (non-hydrogen) atoms. The van der Waals surface area contributed by atoms with Crippen molar-refractivity contribution in [3.8, 4) is 0 Å². The largest absolute Gasteiger partial charge is 0.374 e. The minimum absolute atomic E-state index is 0.000486. The molecule has 0 aromatic heterocycles. The molecule has 0 aliphatic rings. The van der Waals surface area contributed by atoms with Crippen LogP contribution in [0.3, 0.4) is 0 Å². The van der Waals surface area contributed by atoms with Crippen LogP contribution in [0.15, 0.2) is 0 Å². The molecule has 80 valence electrons. The Hall–Kier alpha value is -0.0800. The van der Waals surface area contributed by atoms with Crippen LogP contribution in [0.5, 0.6) is 0 Å². The van der Waals surface area contributed by atoms with Gasteiger partial charge in [0.05, 0.1) is 5.60 Å². The maximum atomic E-state index is 5.82. The van der Waals surface area contributed by atoms with Gasteiger partial charge in [-0.25, -0.2) is 0 Å². The van der Waals surface area contributed by atoms with E-state index in [4.69, 9.17) is 4.74 Å². The Bertz CT molecular complexity index is 127. The molecule has 0 aromatic carbocycles. The summed E-state index contributed by atoms with van der Waals surface area (Å²) in [6.07, 6.45) is 2.19. The van der Waals surface area contributed by atoms with Crippen molar-refractivity contribution in [3.63, 3.8) is 0 Å². The molecule has 2 unspecified atom stereocenters. The Labute approximate surface area is 83.1 Å². The first-order valence-electron chi connectivity index (χ1n) is 5.51. The van der Waals surface area contributed by atoms with Crippen molar-refractivity contribution in [2.75, 3.05) is 13.2 Å². The zero-order chi connectivity index (χ0) is 10.3. The van der Waals surface area contributed by atoms with E-state index in [1.807, 2.05) is 0 Å². The second-order valence-corrected chi connectivity index (χ2v) is 3.62. The Morgan fingerprint density at radius 3 is 2.15 bits per heavy atom. The summed E-state index contributed by atoms with van der Waals surface area (Å²) in [6.45, 7) is 12.6. The molecule has 2 heteroatoms. The lowest BCUT2D eigenvalue weighted by Crippen LogP contribution is -2.49. The topological polar surface area (TPSA) is 21.3 Å². The van der Waals surface area contributed by atoms with Crippen molar-refractivity contribution in [2.24, 2.45) is 0 Å².